The van der Waals surface area contributed by atoms with Crippen LogP contribution in [0.4, 0.5) is 5.69 Å². The van der Waals surface area contributed by atoms with E-state index in [1.807, 2.05) is 6.26 Å². The number of benzene rings is 1. The number of fused-ring (bicyclic) bond motifs is 1. The van der Waals surface area contributed by atoms with Crippen molar-refractivity contribution in [2.24, 2.45) is 0 Å². The molecular weight excluding hydrogens is 266 g/mol. The summed E-state index contributed by atoms with van der Waals surface area (Å²) in [7, 11) is 0. The van der Waals surface area contributed by atoms with E-state index in [4.69, 9.17) is 5.73 Å². The average Bonchev–Trinajstić information content (AvgIpc) is 2.50. The van der Waals surface area contributed by atoms with Crippen LogP contribution in [0.1, 0.15) is 0 Å². The summed E-state index contributed by atoms with van der Waals surface area (Å²) in [5.74, 6) is 0. The molecule has 0 amide bonds. The number of halogens is 1. The lowest BCUT2D eigenvalue weighted by Crippen LogP contribution is -1.87. The first-order valence-electron chi connectivity index (χ1n) is 3.73. The van der Waals surface area contributed by atoms with Crippen molar-refractivity contribution < 1.29 is 0 Å². The Hall–Kier alpha value is -0.190. The lowest BCUT2D eigenvalue weighted by molar-refractivity contribution is 1.52. The average molecular weight is 274 g/mol. The summed E-state index contributed by atoms with van der Waals surface area (Å²) in [4.78, 5) is 1.15. The topological polar surface area (TPSA) is 26.0 Å². The standard InChI is InChI=1S/C9H8BrNS2/c1-12-7-3-2-5-6(10)4-13-9(5)8(7)11/h2-4H,11H2,1H3. The van der Waals surface area contributed by atoms with Gasteiger partial charge in [-0.15, -0.1) is 23.1 Å². The highest BCUT2D eigenvalue weighted by molar-refractivity contribution is 9.10. The fraction of sp³-hybridized carbons (Fsp3) is 0.111. The molecule has 68 valence electrons. The molecule has 0 bridgehead atoms. The van der Waals surface area contributed by atoms with Gasteiger partial charge in [0.25, 0.3) is 0 Å². The molecule has 1 nitrogen and oxygen atoms in total. The maximum absolute atomic E-state index is 6.01. The number of thiophene rings is 1. The first kappa shape index (κ1) is 9.37. The van der Waals surface area contributed by atoms with E-state index in [1.165, 1.54) is 10.1 Å². The highest BCUT2D eigenvalue weighted by Gasteiger charge is 2.07. The highest BCUT2D eigenvalue weighted by Crippen LogP contribution is 2.38. The molecule has 0 saturated carbocycles. The molecule has 1 heterocycles. The van der Waals surface area contributed by atoms with Crippen molar-refractivity contribution in [1.29, 1.82) is 0 Å². The lowest BCUT2D eigenvalue weighted by Gasteiger charge is -2.02. The second-order valence-electron chi connectivity index (χ2n) is 2.64. The summed E-state index contributed by atoms with van der Waals surface area (Å²) in [6.45, 7) is 0. The van der Waals surface area contributed by atoms with Crippen LogP contribution in [0.3, 0.4) is 0 Å². The number of anilines is 1. The van der Waals surface area contributed by atoms with E-state index >= 15 is 0 Å². The van der Waals surface area contributed by atoms with E-state index in [9.17, 15) is 0 Å². The van der Waals surface area contributed by atoms with Crippen LogP contribution in [0.5, 0.6) is 0 Å². The van der Waals surface area contributed by atoms with Gasteiger partial charge in [0.15, 0.2) is 0 Å². The Morgan fingerprint density at radius 1 is 1.46 bits per heavy atom. The van der Waals surface area contributed by atoms with Gasteiger partial charge in [-0.05, 0) is 28.3 Å². The number of nitrogen functional groups attached to an aromatic ring is 1. The number of hydrogen-bond acceptors (Lipinski definition) is 3. The van der Waals surface area contributed by atoms with Crippen molar-refractivity contribution in [3.63, 3.8) is 0 Å². The second-order valence-corrected chi connectivity index (χ2v) is 5.22. The van der Waals surface area contributed by atoms with E-state index in [2.05, 4.69) is 33.4 Å². The maximum atomic E-state index is 6.01. The summed E-state index contributed by atoms with van der Waals surface area (Å²) in [6.07, 6.45) is 2.04. The number of thioether (sulfide) groups is 1. The molecule has 2 aromatic rings. The Morgan fingerprint density at radius 2 is 2.23 bits per heavy atom. The monoisotopic (exact) mass is 273 g/mol. The van der Waals surface area contributed by atoms with Crippen LogP contribution in [0.15, 0.2) is 26.9 Å². The molecule has 0 aliphatic heterocycles. The van der Waals surface area contributed by atoms with Crippen LogP contribution >= 0.6 is 39.0 Å². The van der Waals surface area contributed by atoms with Crippen molar-refractivity contribution >= 4 is 54.8 Å². The van der Waals surface area contributed by atoms with E-state index in [-0.39, 0.29) is 0 Å². The van der Waals surface area contributed by atoms with E-state index in [0.29, 0.717) is 0 Å². The lowest BCUT2D eigenvalue weighted by atomic mass is 10.2. The van der Waals surface area contributed by atoms with Gasteiger partial charge in [0.1, 0.15) is 0 Å². The van der Waals surface area contributed by atoms with E-state index < -0.39 is 0 Å². The minimum Gasteiger partial charge on any atom is -0.397 e. The Morgan fingerprint density at radius 3 is 2.92 bits per heavy atom. The van der Waals surface area contributed by atoms with Gasteiger partial charge in [0.05, 0.1) is 10.4 Å². The Labute approximate surface area is 93.4 Å². The van der Waals surface area contributed by atoms with E-state index in [1.54, 1.807) is 23.1 Å². The molecule has 0 aliphatic carbocycles. The second kappa shape index (κ2) is 3.52. The summed E-state index contributed by atoms with van der Waals surface area (Å²) < 4.78 is 2.31. The Balaban J connectivity index is 2.80. The zero-order chi connectivity index (χ0) is 9.42. The number of nitrogens with two attached hydrogens (primary N) is 1. The molecule has 1 aromatic carbocycles. The minimum atomic E-state index is 0.903. The third-order valence-corrected chi connectivity index (χ3v) is 4.70. The van der Waals surface area contributed by atoms with Gasteiger partial charge in [-0.25, -0.2) is 0 Å². The summed E-state index contributed by atoms with van der Waals surface area (Å²) >= 11 is 6.87. The third kappa shape index (κ3) is 1.47. The molecule has 13 heavy (non-hydrogen) atoms. The molecule has 0 aliphatic rings. The molecule has 0 saturated heterocycles. The van der Waals surface area contributed by atoms with Gasteiger partial charge < -0.3 is 5.73 Å². The van der Waals surface area contributed by atoms with Crippen LogP contribution in [0, 0.1) is 0 Å². The van der Waals surface area contributed by atoms with Gasteiger partial charge in [0, 0.05) is 20.1 Å². The third-order valence-electron chi connectivity index (χ3n) is 1.91. The van der Waals surface area contributed by atoms with Crippen LogP contribution in [-0.4, -0.2) is 6.26 Å². The minimum absolute atomic E-state index is 0.903. The predicted molar refractivity (Wildman–Crippen MR) is 65.7 cm³/mol. The van der Waals surface area contributed by atoms with Crippen LogP contribution in [0.2, 0.25) is 0 Å². The fourth-order valence-electron chi connectivity index (χ4n) is 1.25. The summed E-state index contributed by atoms with van der Waals surface area (Å²) in [5.41, 5.74) is 6.92. The van der Waals surface area contributed by atoms with Gasteiger partial charge in [-0.1, -0.05) is 6.07 Å². The van der Waals surface area contributed by atoms with Gasteiger partial charge in [0.2, 0.25) is 0 Å². The molecule has 2 rings (SSSR count). The van der Waals surface area contributed by atoms with Crippen LogP contribution in [-0.2, 0) is 0 Å². The number of rotatable bonds is 1. The largest absolute Gasteiger partial charge is 0.397 e. The van der Waals surface area contributed by atoms with Crippen LogP contribution < -0.4 is 5.73 Å². The maximum Gasteiger partial charge on any atom is 0.0633 e. The Bertz CT molecular complexity index is 450. The quantitative estimate of drug-likeness (QED) is 0.629. The molecule has 4 heteroatoms. The zero-order valence-corrected chi connectivity index (χ0v) is 10.2. The molecule has 1 aromatic heterocycles. The predicted octanol–water partition coefficient (Wildman–Crippen LogP) is 3.97. The zero-order valence-electron chi connectivity index (χ0n) is 7.00. The fourth-order valence-corrected chi connectivity index (χ4v) is 3.47. The molecular formula is C9H8BrNS2. The molecule has 0 radical (unpaired) electrons. The molecule has 0 fully saturated rings. The van der Waals surface area contributed by atoms with Gasteiger partial charge in [-0.3, -0.25) is 0 Å². The first-order chi connectivity index (χ1) is 6.24. The summed E-state index contributed by atoms with van der Waals surface area (Å²) in [6, 6.07) is 4.18. The first-order valence-corrected chi connectivity index (χ1v) is 6.63. The highest BCUT2D eigenvalue weighted by atomic mass is 79.9. The number of hydrogen-bond donors (Lipinski definition) is 1. The molecule has 0 unspecified atom stereocenters. The Kier molecular flexibility index (Phi) is 2.53. The molecule has 0 spiro atoms. The van der Waals surface area contributed by atoms with Crippen molar-refractivity contribution in [2.45, 2.75) is 4.90 Å². The van der Waals surface area contributed by atoms with E-state index in [0.717, 1.165) is 15.1 Å². The SMILES string of the molecule is CSc1ccc2c(Br)csc2c1N. The van der Waals surface area contributed by atoms with Crippen molar-refractivity contribution in [1.82, 2.24) is 0 Å². The van der Waals surface area contributed by atoms with Gasteiger partial charge >= 0.3 is 0 Å². The van der Waals surface area contributed by atoms with Crippen molar-refractivity contribution in [3.8, 4) is 0 Å². The smallest absolute Gasteiger partial charge is 0.0633 e. The summed E-state index contributed by atoms with van der Waals surface area (Å²) in [5, 5.41) is 3.28. The normalized spacial score (nSPS) is 10.9. The molecule has 0 atom stereocenters. The van der Waals surface area contributed by atoms with Crippen molar-refractivity contribution in [2.75, 3.05) is 12.0 Å². The van der Waals surface area contributed by atoms with Crippen molar-refractivity contribution in [3.05, 3.63) is 22.0 Å². The molecule has 2 N–H and O–H groups in total. The van der Waals surface area contributed by atoms with Crippen LogP contribution in [0.25, 0.3) is 10.1 Å². The van der Waals surface area contributed by atoms with Gasteiger partial charge in [-0.2, -0.15) is 0 Å².